The number of hydrogen-bond acceptors (Lipinski definition) is 7. The molecule has 0 bridgehead atoms. The number of rotatable bonds is 5. The van der Waals surface area contributed by atoms with Gasteiger partial charge in [0.05, 0.1) is 20.8 Å². The standard InChI is InChI=1S/C16H15ClN2O4S2/c1-3-22-16(21)14-8(2)6-13(25-14)18-15(20)10-7-9(19-23-10)11-4-5-12(17)24-11/h4-6,10H,3,7H2,1-2H3,(H,18,20). The first-order valence-corrected chi connectivity index (χ1v) is 9.55. The van der Waals surface area contributed by atoms with Gasteiger partial charge in [-0.3, -0.25) is 4.79 Å². The summed E-state index contributed by atoms with van der Waals surface area (Å²) in [6.45, 7) is 3.85. The van der Waals surface area contributed by atoms with Crippen LogP contribution in [0.5, 0.6) is 0 Å². The number of carbonyl (C=O) groups excluding carboxylic acids is 2. The Bertz CT molecular complexity index is 843. The number of amides is 1. The molecule has 0 aromatic carbocycles. The summed E-state index contributed by atoms with van der Waals surface area (Å²) in [6, 6.07) is 5.37. The zero-order valence-corrected chi connectivity index (χ0v) is 15.9. The molecule has 132 valence electrons. The van der Waals surface area contributed by atoms with Crippen molar-refractivity contribution in [1.82, 2.24) is 0 Å². The van der Waals surface area contributed by atoms with Crippen LogP contribution in [0.15, 0.2) is 23.4 Å². The maximum Gasteiger partial charge on any atom is 0.348 e. The van der Waals surface area contributed by atoms with Gasteiger partial charge in [0, 0.05) is 6.42 Å². The average Bonchev–Trinajstić information content (AvgIpc) is 3.27. The first kappa shape index (κ1) is 17.9. The van der Waals surface area contributed by atoms with E-state index in [1.165, 1.54) is 22.7 Å². The Kier molecular flexibility index (Phi) is 5.41. The lowest BCUT2D eigenvalue weighted by molar-refractivity contribution is -0.125. The lowest BCUT2D eigenvalue weighted by atomic mass is 10.1. The highest BCUT2D eigenvalue weighted by Crippen LogP contribution is 2.29. The fourth-order valence-corrected chi connectivity index (χ4v) is 4.28. The van der Waals surface area contributed by atoms with Gasteiger partial charge >= 0.3 is 5.97 Å². The fourth-order valence-electron chi connectivity index (χ4n) is 2.28. The van der Waals surface area contributed by atoms with Gasteiger partial charge in [-0.1, -0.05) is 16.8 Å². The minimum Gasteiger partial charge on any atom is -0.462 e. The summed E-state index contributed by atoms with van der Waals surface area (Å²) in [4.78, 5) is 30.8. The second-order valence-electron chi connectivity index (χ2n) is 5.27. The van der Waals surface area contributed by atoms with Crippen molar-refractivity contribution in [2.24, 2.45) is 5.16 Å². The van der Waals surface area contributed by atoms with E-state index in [0.29, 0.717) is 33.0 Å². The Morgan fingerprint density at radius 2 is 2.24 bits per heavy atom. The Morgan fingerprint density at radius 1 is 1.44 bits per heavy atom. The highest BCUT2D eigenvalue weighted by atomic mass is 35.5. The molecule has 3 rings (SSSR count). The predicted molar refractivity (Wildman–Crippen MR) is 99.0 cm³/mol. The van der Waals surface area contributed by atoms with Crippen LogP contribution < -0.4 is 5.32 Å². The van der Waals surface area contributed by atoms with Crippen molar-refractivity contribution in [3.05, 3.63) is 37.9 Å². The molecule has 25 heavy (non-hydrogen) atoms. The third-order valence-electron chi connectivity index (χ3n) is 3.44. The van der Waals surface area contributed by atoms with Gasteiger partial charge in [0.1, 0.15) is 10.6 Å². The van der Waals surface area contributed by atoms with E-state index < -0.39 is 6.10 Å². The number of ether oxygens (including phenoxy) is 1. The number of thiophene rings is 2. The third-order valence-corrected chi connectivity index (χ3v) is 5.86. The molecule has 0 saturated carbocycles. The Morgan fingerprint density at radius 3 is 2.92 bits per heavy atom. The molecule has 9 heteroatoms. The molecule has 1 amide bonds. The van der Waals surface area contributed by atoms with Crippen molar-refractivity contribution in [2.45, 2.75) is 26.4 Å². The molecule has 0 radical (unpaired) electrons. The van der Waals surface area contributed by atoms with E-state index in [1.54, 1.807) is 26.0 Å². The van der Waals surface area contributed by atoms with E-state index in [2.05, 4.69) is 10.5 Å². The van der Waals surface area contributed by atoms with Gasteiger partial charge in [0.25, 0.3) is 5.91 Å². The smallest absolute Gasteiger partial charge is 0.348 e. The van der Waals surface area contributed by atoms with Crippen molar-refractivity contribution >= 4 is 56.9 Å². The second-order valence-corrected chi connectivity index (χ2v) is 8.04. The molecule has 0 saturated heterocycles. The van der Waals surface area contributed by atoms with Crippen LogP contribution in [-0.4, -0.2) is 30.3 Å². The normalized spacial score (nSPS) is 16.3. The Balaban J connectivity index is 1.62. The molecule has 0 spiro atoms. The van der Waals surface area contributed by atoms with Crippen molar-refractivity contribution < 1.29 is 19.2 Å². The second kappa shape index (κ2) is 7.55. The number of halogens is 1. The van der Waals surface area contributed by atoms with Crippen LogP contribution in [0.4, 0.5) is 5.00 Å². The summed E-state index contributed by atoms with van der Waals surface area (Å²) in [5.41, 5.74) is 1.46. The topological polar surface area (TPSA) is 77.0 Å². The van der Waals surface area contributed by atoms with Gasteiger partial charge in [0.2, 0.25) is 6.10 Å². The first-order valence-electron chi connectivity index (χ1n) is 7.54. The SMILES string of the molecule is CCOC(=O)c1sc(NC(=O)C2CC(c3ccc(Cl)s3)=NO2)cc1C. The monoisotopic (exact) mass is 398 g/mol. The zero-order chi connectivity index (χ0) is 18.0. The minimum absolute atomic E-state index is 0.306. The van der Waals surface area contributed by atoms with E-state index in [0.717, 1.165) is 10.4 Å². The van der Waals surface area contributed by atoms with Crippen LogP contribution in [0.2, 0.25) is 4.34 Å². The quantitative estimate of drug-likeness (QED) is 0.770. The molecule has 6 nitrogen and oxygen atoms in total. The van der Waals surface area contributed by atoms with E-state index in [4.69, 9.17) is 21.2 Å². The lowest BCUT2D eigenvalue weighted by Gasteiger charge is -2.07. The number of esters is 1. The van der Waals surface area contributed by atoms with Gasteiger partial charge < -0.3 is 14.9 Å². The number of nitrogens with one attached hydrogen (secondary N) is 1. The number of oxime groups is 1. The highest BCUT2D eigenvalue weighted by molar-refractivity contribution is 7.18. The molecule has 1 unspecified atom stereocenters. The van der Waals surface area contributed by atoms with Crippen molar-refractivity contribution in [3.8, 4) is 0 Å². The molecule has 3 heterocycles. The summed E-state index contributed by atoms with van der Waals surface area (Å²) < 4.78 is 5.66. The predicted octanol–water partition coefficient (Wildman–Crippen LogP) is 4.08. The number of anilines is 1. The van der Waals surface area contributed by atoms with Gasteiger partial charge in [-0.25, -0.2) is 4.79 Å². The molecule has 1 atom stereocenters. The van der Waals surface area contributed by atoms with E-state index in [-0.39, 0.29) is 11.9 Å². The molecular formula is C16H15ClN2O4S2. The summed E-state index contributed by atoms with van der Waals surface area (Å²) in [6.07, 6.45) is -0.332. The van der Waals surface area contributed by atoms with Gasteiger partial charge in [0.15, 0.2) is 0 Å². The summed E-state index contributed by atoms with van der Waals surface area (Å²) in [7, 11) is 0. The van der Waals surface area contributed by atoms with Crippen molar-refractivity contribution in [1.29, 1.82) is 0 Å². The van der Waals surface area contributed by atoms with E-state index >= 15 is 0 Å². The maximum atomic E-state index is 12.4. The first-order chi connectivity index (χ1) is 12.0. The summed E-state index contributed by atoms with van der Waals surface area (Å²) in [5.74, 6) is -0.694. The minimum atomic E-state index is -0.704. The largest absolute Gasteiger partial charge is 0.462 e. The molecular weight excluding hydrogens is 384 g/mol. The van der Waals surface area contributed by atoms with E-state index in [9.17, 15) is 9.59 Å². The van der Waals surface area contributed by atoms with Gasteiger partial charge in [-0.15, -0.1) is 22.7 Å². The summed E-state index contributed by atoms with van der Waals surface area (Å²) >= 11 is 8.49. The van der Waals surface area contributed by atoms with Crippen LogP contribution in [-0.2, 0) is 14.4 Å². The van der Waals surface area contributed by atoms with Crippen LogP contribution in [0.1, 0.15) is 33.5 Å². The molecule has 0 fully saturated rings. The van der Waals surface area contributed by atoms with Crippen LogP contribution in [0.25, 0.3) is 0 Å². The average molecular weight is 399 g/mol. The van der Waals surface area contributed by atoms with Crippen molar-refractivity contribution in [3.63, 3.8) is 0 Å². The van der Waals surface area contributed by atoms with Crippen LogP contribution >= 0.6 is 34.3 Å². The van der Waals surface area contributed by atoms with Gasteiger partial charge in [-0.2, -0.15) is 0 Å². The maximum absolute atomic E-state index is 12.4. The number of carbonyl (C=O) groups is 2. The molecule has 1 aliphatic heterocycles. The third kappa shape index (κ3) is 4.02. The highest BCUT2D eigenvalue weighted by Gasteiger charge is 2.30. The van der Waals surface area contributed by atoms with Crippen LogP contribution in [0, 0.1) is 6.92 Å². The zero-order valence-electron chi connectivity index (χ0n) is 13.5. The molecule has 0 aliphatic carbocycles. The van der Waals surface area contributed by atoms with E-state index in [1.807, 2.05) is 6.07 Å². The Labute approximate surface area is 157 Å². The molecule has 1 N–H and O–H groups in total. The lowest BCUT2D eigenvalue weighted by Crippen LogP contribution is -2.27. The van der Waals surface area contributed by atoms with Crippen molar-refractivity contribution in [2.75, 3.05) is 11.9 Å². The van der Waals surface area contributed by atoms with Crippen LogP contribution in [0.3, 0.4) is 0 Å². The number of aryl methyl sites for hydroxylation is 1. The fraction of sp³-hybridized carbons (Fsp3) is 0.312. The number of nitrogens with zero attached hydrogens (tertiary/aromatic N) is 1. The summed E-state index contributed by atoms with van der Waals surface area (Å²) in [5, 5.41) is 7.32. The molecule has 2 aromatic heterocycles. The molecule has 2 aromatic rings. The van der Waals surface area contributed by atoms with Gasteiger partial charge in [-0.05, 0) is 37.6 Å². The molecule has 1 aliphatic rings. The number of hydrogen-bond donors (Lipinski definition) is 1. The Hall–Kier alpha value is -1.90.